The summed E-state index contributed by atoms with van der Waals surface area (Å²) < 4.78 is 2.19. The molecule has 1 saturated heterocycles. The highest BCUT2D eigenvalue weighted by molar-refractivity contribution is 6.30. The smallest absolute Gasteiger partial charge is 0.250 e. The van der Waals surface area contributed by atoms with Crippen LogP contribution >= 0.6 is 11.6 Å². The Balaban J connectivity index is 1.27. The van der Waals surface area contributed by atoms with Crippen molar-refractivity contribution in [2.24, 2.45) is 5.73 Å². The Hall–Kier alpha value is -3.68. The topological polar surface area (TPSA) is 93.2 Å². The number of aromatic nitrogens is 2. The minimum atomic E-state index is -0.478. The van der Waals surface area contributed by atoms with Gasteiger partial charge in [-0.1, -0.05) is 29.8 Å². The Morgan fingerprint density at radius 2 is 1.76 bits per heavy atom. The molecule has 38 heavy (non-hydrogen) atoms. The Morgan fingerprint density at radius 1 is 1.03 bits per heavy atom. The first kappa shape index (κ1) is 25.9. The van der Waals surface area contributed by atoms with E-state index in [1.165, 1.54) is 12.5 Å². The van der Waals surface area contributed by atoms with Gasteiger partial charge in [-0.25, -0.2) is 4.98 Å². The maximum atomic E-state index is 12.1. The monoisotopic (exact) mass is 529 g/mol. The number of para-hydroxylation sites is 1. The Bertz CT molecular complexity index is 1460. The van der Waals surface area contributed by atoms with Gasteiger partial charge in [-0.15, -0.1) is 0 Å². The number of nitrogens with one attached hydrogen (secondary N) is 1. The predicted octanol–water partition coefficient (Wildman–Crippen LogP) is 5.68. The maximum Gasteiger partial charge on any atom is 0.250 e. The first-order valence-corrected chi connectivity index (χ1v) is 13.4. The fraction of sp³-hybridized carbons (Fsp3) is 0.300. The third kappa shape index (κ3) is 5.74. The first-order chi connectivity index (χ1) is 18.4. The highest BCUT2D eigenvalue weighted by Crippen LogP contribution is 2.31. The van der Waals surface area contributed by atoms with Crippen molar-refractivity contribution < 1.29 is 9.59 Å². The van der Waals surface area contributed by atoms with Crippen LogP contribution in [0.3, 0.4) is 0 Å². The normalized spacial score (nSPS) is 14.6. The van der Waals surface area contributed by atoms with Crippen LogP contribution in [-0.2, 0) is 11.3 Å². The van der Waals surface area contributed by atoms with Crippen LogP contribution in [0.4, 0.5) is 5.69 Å². The molecule has 0 aliphatic carbocycles. The van der Waals surface area contributed by atoms with E-state index in [9.17, 15) is 9.59 Å². The zero-order chi connectivity index (χ0) is 26.6. The quantitative estimate of drug-likeness (QED) is 0.307. The number of hydrogen-bond acceptors (Lipinski definition) is 4. The van der Waals surface area contributed by atoms with Crippen LogP contribution in [0.1, 0.15) is 48.0 Å². The van der Waals surface area contributed by atoms with Crippen LogP contribution in [-0.4, -0.2) is 45.9 Å². The van der Waals surface area contributed by atoms with Crippen LogP contribution < -0.4 is 11.1 Å². The summed E-state index contributed by atoms with van der Waals surface area (Å²) in [5.41, 5.74) is 10.7. The molecule has 0 atom stereocenters. The van der Waals surface area contributed by atoms with Gasteiger partial charge in [0.05, 0.1) is 11.1 Å². The number of hydrogen-bond donors (Lipinski definition) is 2. The van der Waals surface area contributed by atoms with Crippen molar-refractivity contribution in [1.29, 1.82) is 0 Å². The van der Waals surface area contributed by atoms with Crippen molar-refractivity contribution in [3.8, 4) is 11.4 Å². The van der Waals surface area contributed by atoms with Gasteiger partial charge in [0.15, 0.2) is 0 Å². The van der Waals surface area contributed by atoms with Gasteiger partial charge in [0.1, 0.15) is 11.3 Å². The second-order valence-corrected chi connectivity index (χ2v) is 10.3. The lowest BCUT2D eigenvalue weighted by Gasteiger charge is -2.32. The number of rotatable bonds is 8. The van der Waals surface area contributed by atoms with Crippen molar-refractivity contribution in [3.63, 3.8) is 0 Å². The number of nitrogens with zero attached hydrogens (tertiary/aromatic N) is 3. The molecule has 4 aromatic rings. The van der Waals surface area contributed by atoms with Crippen LogP contribution in [0.5, 0.6) is 0 Å². The van der Waals surface area contributed by atoms with Gasteiger partial charge in [0, 0.05) is 29.7 Å². The number of carbonyl (C=O) groups excluding carboxylic acids is 2. The molecular formula is C30H32ClN5O2. The molecule has 2 amide bonds. The largest absolute Gasteiger partial charge is 0.366 e. The van der Waals surface area contributed by atoms with Gasteiger partial charge in [-0.3, -0.25) is 9.59 Å². The number of carbonyl (C=O) groups is 2. The number of amides is 2. The molecule has 0 unspecified atom stereocenters. The van der Waals surface area contributed by atoms with Crippen molar-refractivity contribution in [3.05, 3.63) is 82.9 Å². The zero-order valence-electron chi connectivity index (χ0n) is 21.5. The highest BCUT2D eigenvalue weighted by Gasteiger charge is 2.22. The molecule has 8 heteroatoms. The number of anilines is 1. The molecule has 2 heterocycles. The molecule has 1 aliphatic rings. The van der Waals surface area contributed by atoms with Crippen LogP contribution in [0.2, 0.25) is 5.02 Å². The molecular weight excluding hydrogens is 498 g/mol. The van der Waals surface area contributed by atoms with E-state index in [1.807, 2.05) is 48.5 Å². The summed E-state index contributed by atoms with van der Waals surface area (Å²) in [6.07, 6.45) is 3.14. The molecule has 196 valence electrons. The maximum absolute atomic E-state index is 12.1. The van der Waals surface area contributed by atoms with Crippen molar-refractivity contribution in [1.82, 2.24) is 14.5 Å². The molecule has 3 aromatic carbocycles. The molecule has 0 saturated carbocycles. The lowest BCUT2D eigenvalue weighted by atomic mass is 9.89. The third-order valence-electron chi connectivity index (χ3n) is 7.27. The number of nitrogens with two attached hydrogens (primary N) is 1. The van der Waals surface area contributed by atoms with Crippen LogP contribution in [0.25, 0.3) is 22.4 Å². The number of halogens is 1. The number of fused-ring (bicyclic) bond motifs is 1. The molecule has 0 radical (unpaired) electrons. The highest BCUT2D eigenvalue weighted by atomic mass is 35.5. The van der Waals surface area contributed by atoms with Gasteiger partial charge in [0.25, 0.3) is 5.91 Å². The van der Waals surface area contributed by atoms with E-state index in [4.69, 9.17) is 22.3 Å². The standard InChI is InChI=1S/C30H32ClN5O2/c1-20(37)33-25-6-2-5-23(19-25)21-13-17-35(18-14-21)15-4-16-36-27-8-3-7-26(29(32)38)28(27)34-30(36)22-9-11-24(31)12-10-22/h2-3,5-12,19,21H,4,13-18H2,1H3,(H2,32,38)(H,33,37). The molecule has 0 spiro atoms. The molecule has 1 aromatic heterocycles. The van der Waals surface area contributed by atoms with E-state index in [1.54, 1.807) is 6.07 Å². The van der Waals surface area contributed by atoms with Gasteiger partial charge in [-0.2, -0.15) is 0 Å². The van der Waals surface area contributed by atoms with Gasteiger partial charge in [0.2, 0.25) is 5.91 Å². The number of aryl methyl sites for hydroxylation is 1. The molecule has 0 bridgehead atoms. The summed E-state index contributed by atoms with van der Waals surface area (Å²) in [5.74, 6) is 0.783. The van der Waals surface area contributed by atoms with E-state index in [0.717, 1.165) is 68.0 Å². The molecule has 5 rings (SSSR count). The summed E-state index contributed by atoms with van der Waals surface area (Å²) in [7, 11) is 0. The Morgan fingerprint density at radius 3 is 2.47 bits per heavy atom. The van der Waals surface area contributed by atoms with E-state index in [0.29, 0.717) is 22.0 Å². The van der Waals surface area contributed by atoms with Gasteiger partial charge in [-0.05, 0) is 98.9 Å². The number of piperidine rings is 1. The summed E-state index contributed by atoms with van der Waals surface area (Å²) >= 11 is 6.12. The summed E-state index contributed by atoms with van der Waals surface area (Å²) in [4.78, 5) is 30.8. The van der Waals surface area contributed by atoms with E-state index >= 15 is 0 Å². The second kappa shape index (κ2) is 11.4. The average Bonchev–Trinajstić information content (AvgIpc) is 3.28. The predicted molar refractivity (Wildman–Crippen MR) is 152 cm³/mol. The van der Waals surface area contributed by atoms with Crippen LogP contribution in [0.15, 0.2) is 66.7 Å². The third-order valence-corrected chi connectivity index (χ3v) is 7.52. The van der Waals surface area contributed by atoms with E-state index < -0.39 is 5.91 Å². The van der Waals surface area contributed by atoms with E-state index in [2.05, 4.69) is 26.9 Å². The summed E-state index contributed by atoms with van der Waals surface area (Å²) in [6.45, 7) is 5.36. The minimum absolute atomic E-state index is 0.0484. The Labute approximate surface area is 227 Å². The average molecular weight is 530 g/mol. The van der Waals surface area contributed by atoms with Crippen molar-refractivity contribution in [2.45, 2.75) is 38.6 Å². The molecule has 1 aliphatic heterocycles. The lowest BCUT2D eigenvalue weighted by Crippen LogP contribution is -2.34. The minimum Gasteiger partial charge on any atom is -0.366 e. The van der Waals surface area contributed by atoms with Gasteiger partial charge >= 0.3 is 0 Å². The summed E-state index contributed by atoms with van der Waals surface area (Å²) in [5, 5.41) is 3.55. The lowest BCUT2D eigenvalue weighted by molar-refractivity contribution is -0.114. The number of primary amides is 1. The second-order valence-electron chi connectivity index (χ2n) is 9.91. The SMILES string of the molecule is CC(=O)Nc1cccc(C2CCN(CCCn3c(-c4ccc(Cl)cc4)nc4c(C(N)=O)cccc43)CC2)c1. The number of benzene rings is 3. The number of imidazole rings is 1. The van der Waals surface area contributed by atoms with Crippen molar-refractivity contribution >= 4 is 40.1 Å². The van der Waals surface area contributed by atoms with Gasteiger partial charge < -0.3 is 20.5 Å². The summed E-state index contributed by atoms with van der Waals surface area (Å²) in [6, 6.07) is 21.4. The first-order valence-electron chi connectivity index (χ1n) is 13.0. The molecule has 7 nitrogen and oxygen atoms in total. The number of likely N-dealkylation sites (tertiary alicyclic amines) is 1. The fourth-order valence-corrected chi connectivity index (χ4v) is 5.53. The fourth-order valence-electron chi connectivity index (χ4n) is 5.41. The van der Waals surface area contributed by atoms with E-state index in [-0.39, 0.29) is 5.91 Å². The molecule has 3 N–H and O–H groups in total. The zero-order valence-corrected chi connectivity index (χ0v) is 22.2. The van der Waals surface area contributed by atoms with Crippen molar-refractivity contribution in [2.75, 3.05) is 25.0 Å². The molecule has 1 fully saturated rings. The Kier molecular flexibility index (Phi) is 7.77. The van der Waals surface area contributed by atoms with Crippen LogP contribution in [0, 0.1) is 0 Å².